The number of benzene rings is 1. The maximum absolute atomic E-state index is 12.1. The van der Waals surface area contributed by atoms with Crippen molar-refractivity contribution in [3.63, 3.8) is 0 Å². The van der Waals surface area contributed by atoms with E-state index in [1.807, 2.05) is 32.0 Å². The van der Waals surface area contributed by atoms with Gasteiger partial charge in [-0.05, 0) is 74.3 Å². The molecule has 0 radical (unpaired) electrons. The fraction of sp³-hybridized carbons (Fsp3) is 0.429. The predicted molar refractivity (Wildman–Crippen MR) is 110 cm³/mol. The Morgan fingerprint density at radius 3 is 2.59 bits per heavy atom. The highest BCUT2D eigenvalue weighted by Crippen LogP contribution is 2.20. The van der Waals surface area contributed by atoms with Crippen molar-refractivity contribution in [3.8, 4) is 0 Å². The summed E-state index contributed by atoms with van der Waals surface area (Å²) >= 11 is 1.79. The van der Waals surface area contributed by atoms with Crippen LogP contribution in [-0.2, 0) is 16.1 Å². The lowest BCUT2D eigenvalue weighted by molar-refractivity contribution is -0.136. The highest BCUT2D eigenvalue weighted by molar-refractivity contribution is 7.09. The van der Waals surface area contributed by atoms with Gasteiger partial charge in [0.1, 0.15) is 0 Å². The number of likely N-dealkylation sites (tertiary alicyclic amines) is 1. The van der Waals surface area contributed by atoms with Gasteiger partial charge in [0.2, 0.25) is 0 Å². The number of thiophene rings is 1. The first-order valence-corrected chi connectivity index (χ1v) is 10.3. The van der Waals surface area contributed by atoms with Gasteiger partial charge in [-0.3, -0.25) is 14.5 Å². The van der Waals surface area contributed by atoms with E-state index in [0.29, 0.717) is 18.2 Å². The summed E-state index contributed by atoms with van der Waals surface area (Å²) in [4.78, 5) is 28.1. The maximum Gasteiger partial charge on any atom is 0.313 e. The molecule has 0 atom stereocenters. The summed E-state index contributed by atoms with van der Waals surface area (Å²) in [5, 5.41) is 7.62. The molecule has 144 valence electrons. The number of rotatable bonds is 5. The SMILES string of the molecule is Cc1cccc(NC(=O)C(=O)NCC2CCN(Cc3cccs3)CC2)c1C. The Bertz CT molecular complexity index is 781. The molecule has 0 bridgehead atoms. The standard InChI is InChI=1S/C21H27N3O2S/c1-15-5-3-7-19(16(15)2)23-21(26)20(25)22-13-17-8-10-24(11-9-17)14-18-6-4-12-27-18/h3-7,12,17H,8-11,13-14H2,1-2H3,(H,22,25)(H,23,26). The number of hydrogen-bond acceptors (Lipinski definition) is 4. The number of amides is 2. The van der Waals surface area contributed by atoms with Gasteiger partial charge in [-0.25, -0.2) is 0 Å². The maximum atomic E-state index is 12.1. The van der Waals surface area contributed by atoms with Crippen LogP contribution in [0.25, 0.3) is 0 Å². The van der Waals surface area contributed by atoms with Crippen molar-refractivity contribution in [3.05, 3.63) is 51.7 Å². The molecule has 5 nitrogen and oxygen atoms in total. The first-order chi connectivity index (χ1) is 13.0. The third-order valence-electron chi connectivity index (χ3n) is 5.28. The minimum absolute atomic E-state index is 0.432. The van der Waals surface area contributed by atoms with Gasteiger partial charge in [-0.15, -0.1) is 11.3 Å². The van der Waals surface area contributed by atoms with Gasteiger partial charge in [-0.2, -0.15) is 0 Å². The Morgan fingerprint density at radius 1 is 1.11 bits per heavy atom. The molecule has 1 fully saturated rings. The van der Waals surface area contributed by atoms with Crippen LogP contribution in [0.1, 0.15) is 28.8 Å². The third-order valence-corrected chi connectivity index (χ3v) is 6.14. The minimum Gasteiger partial charge on any atom is -0.348 e. The van der Waals surface area contributed by atoms with E-state index in [4.69, 9.17) is 0 Å². The smallest absolute Gasteiger partial charge is 0.313 e. The van der Waals surface area contributed by atoms with Gasteiger partial charge in [0.15, 0.2) is 0 Å². The fourth-order valence-corrected chi connectivity index (χ4v) is 4.10. The second-order valence-electron chi connectivity index (χ2n) is 7.21. The van der Waals surface area contributed by atoms with Crippen molar-refractivity contribution < 1.29 is 9.59 Å². The van der Waals surface area contributed by atoms with Crippen LogP contribution in [0, 0.1) is 19.8 Å². The van der Waals surface area contributed by atoms with Gasteiger partial charge < -0.3 is 10.6 Å². The number of aryl methyl sites for hydroxylation is 1. The molecule has 1 aromatic heterocycles. The second-order valence-corrected chi connectivity index (χ2v) is 8.24. The van der Waals surface area contributed by atoms with Crippen molar-refractivity contribution in [1.29, 1.82) is 0 Å². The monoisotopic (exact) mass is 385 g/mol. The lowest BCUT2D eigenvalue weighted by Gasteiger charge is -2.31. The first-order valence-electron chi connectivity index (χ1n) is 9.43. The van der Waals surface area contributed by atoms with Crippen LogP contribution >= 0.6 is 11.3 Å². The summed E-state index contributed by atoms with van der Waals surface area (Å²) in [5.74, 6) is -0.724. The Labute approximate surface area is 164 Å². The summed E-state index contributed by atoms with van der Waals surface area (Å²) < 4.78 is 0. The molecule has 27 heavy (non-hydrogen) atoms. The van der Waals surface area contributed by atoms with E-state index < -0.39 is 11.8 Å². The van der Waals surface area contributed by atoms with E-state index in [9.17, 15) is 9.59 Å². The zero-order chi connectivity index (χ0) is 19.2. The van der Waals surface area contributed by atoms with Crippen molar-refractivity contribution in [1.82, 2.24) is 10.2 Å². The third kappa shape index (κ3) is 5.40. The number of nitrogens with zero attached hydrogens (tertiary/aromatic N) is 1. The predicted octanol–water partition coefficient (Wildman–Crippen LogP) is 3.33. The average Bonchev–Trinajstić information content (AvgIpc) is 3.17. The molecule has 3 rings (SSSR count). The summed E-state index contributed by atoms with van der Waals surface area (Å²) in [6.45, 7) is 7.56. The Kier molecular flexibility index (Phi) is 6.63. The summed E-state index contributed by atoms with van der Waals surface area (Å²) in [5.41, 5.74) is 2.76. The van der Waals surface area contributed by atoms with Crippen LogP contribution in [0.3, 0.4) is 0 Å². The van der Waals surface area contributed by atoms with Gasteiger partial charge in [0, 0.05) is 23.7 Å². The summed E-state index contributed by atoms with van der Waals surface area (Å²) in [6, 6.07) is 9.93. The fourth-order valence-electron chi connectivity index (χ4n) is 3.35. The molecule has 1 aromatic carbocycles. The van der Waals surface area contributed by atoms with E-state index in [1.54, 1.807) is 11.3 Å². The molecule has 6 heteroatoms. The number of anilines is 1. The molecule has 1 aliphatic heterocycles. The van der Waals surface area contributed by atoms with Crippen molar-refractivity contribution in [2.75, 3.05) is 25.0 Å². The molecular weight excluding hydrogens is 358 g/mol. The number of carbonyl (C=O) groups excluding carboxylic acids is 2. The van der Waals surface area contributed by atoms with Crippen LogP contribution < -0.4 is 10.6 Å². The Hall–Kier alpha value is -2.18. The van der Waals surface area contributed by atoms with Crippen molar-refractivity contribution >= 4 is 28.8 Å². The van der Waals surface area contributed by atoms with E-state index in [-0.39, 0.29) is 0 Å². The lowest BCUT2D eigenvalue weighted by Crippen LogP contribution is -2.41. The molecule has 2 N–H and O–H groups in total. The van der Waals surface area contributed by atoms with Crippen molar-refractivity contribution in [2.45, 2.75) is 33.2 Å². The highest BCUT2D eigenvalue weighted by Gasteiger charge is 2.21. The van der Waals surface area contributed by atoms with Gasteiger partial charge >= 0.3 is 11.8 Å². The van der Waals surface area contributed by atoms with Crippen LogP contribution in [0.15, 0.2) is 35.7 Å². The number of nitrogens with one attached hydrogen (secondary N) is 2. The topological polar surface area (TPSA) is 61.4 Å². The minimum atomic E-state index is -0.598. The Balaban J connectivity index is 1.40. The average molecular weight is 386 g/mol. The van der Waals surface area contributed by atoms with E-state index in [1.165, 1.54) is 4.88 Å². The van der Waals surface area contributed by atoms with Gasteiger partial charge in [0.05, 0.1) is 0 Å². The molecule has 1 saturated heterocycles. The quantitative estimate of drug-likeness (QED) is 0.776. The van der Waals surface area contributed by atoms with Crippen molar-refractivity contribution in [2.24, 2.45) is 5.92 Å². The molecule has 2 amide bonds. The molecule has 0 saturated carbocycles. The molecule has 2 aromatic rings. The first kappa shape index (κ1) is 19.6. The Morgan fingerprint density at radius 2 is 1.89 bits per heavy atom. The second kappa shape index (κ2) is 9.15. The van der Waals surface area contributed by atoms with Gasteiger partial charge in [0.25, 0.3) is 0 Å². The van der Waals surface area contributed by atoms with E-state index in [2.05, 4.69) is 33.0 Å². The van der Waals surface area contributed by atoms with Gasteiger partial charge in [-0.1, -0.05) is 18.2 Å². The number of hydrogen-bond donors (Lipinski definition) is 2. The molecule has 1 aliphatic rings. The zero-order valence-electron chi connectivity index (χ0n) is 16.0. The molecular formula is C21H27N3O2S. The molecule has 0 unspecified atom stereocenters. The lowest BCUT2D eigenvalue weighted by atomic mass is 9.96. The van der Waals surface area contributed by atoms with Crippen LogP contribution in [0.2, 0.25) is 0 Å². The molecule has 0 aliphatic carbocycles. The zero-order valence-corrected chi connectivity index (χ0v) is 16.8. The largest absolute Gasteiger partial charge is 0.348 e. The number of piperidine rings is 1. The normalized spacial score (nSPS) is 15.5. The number of carbonyl (C=O) groups is 2. The van der Waals surface area contributed by atoms with E-state index in [0.717, 1.165) is 43.6 Å². The van der Waals surface area contributed by atoms with Crippen LogP contribution in [0.4, 0.5) is 5.69 Å². The van der Waals surface area contributed by atoms with E-state index >= 15 is 0 Å². The molecule has 2 heterocycles. The summed E-state index contributed by atoms with van der Waals surface area (Å²) in [7, 11) is 0. The van der Waals surface area contributed by atoms with Crippen LogP contribution in [-0.4, -0.2) is 36.3 Å². The summed E-state index contributed by atoms with van der Waals surface area (Å²) in [6.07, 6.45) is 2.09. The molecule has 0 spiro atoms. The highest BCUT2D eigenvalue weighted by atomic mass is 32.1. The van der Waals surface area contributed by atoms with Crippen LogP contribution in [0.5, 0.6) is 0 Å².